The number of nitrogens with zero attached hydrogens (tertiary/aromatic N) is 1. The predicted octanol–water partition coefficient (Wildman–Crippen LogP) is 0.468. The van der Waals surface area contributed by atoms with E-state index in [9.17, 15) is 8.42 Å². The molecule has 0 atom stereocenters. The largest absolute Gasteiger partial charge is 1.00 e. The molecule has 0 saturated heterocycles. The fraction of sp³-hybridized carbons (Fsp3) is 0.400. The Hall–Kier alpha value is 0.176. The van der Waals surface area contributed by atoms with Crippen molar-refractivity contribution in [3.05, 3.63) is 36.4 Å². The molecule has 0 bridgehead atoms. The molecular weight excluding hydrogens is 313 g/mol. The number of hydrogen-bond donors (Lipinski definition) is 0. The van der Waals surface area contributed by atoms with Gasteiger partial charge in [0.2, 0.25) is 0 Å². The van der Waals surface area contributed by atoms with Gasteiger partial charge in [-0.25, -0.2) is 0 Å². The van der Waals surface area contributed by atoms with Crippen molar-refractivity contribution < 1.29 is 65.4 Å². The van der Waals surface area contributed by atoms with E-state index in [1.165, 1.54) is 0 Å². The summed E-state index contributed by atoms with van der Waals surface area (Å²) in [6, 6.07) is 4.94. The number of aliphatic imine (C=N–C) groups is 1. The first-order valence-electron chi connectivity index (χ1n) is 6.49. The third kappa shape index (κ3) is 3.93. The smallest absolute Gasteiger partial charge is 1.00 e. The molecular formula is C15H20KNO3S. The van der Waals surface area contributed by atoms with Crippen molar-refractivity contribution in [3.8, 4) is 0 Å². The average Bonchev–Trinajstić information content (AvgIpc) is 2.60. The van der Waals surface area contributed by atoms with Gasteiger partial charge in [0.05, 0.1) is 17.2 Å². The molecule has 1 aliphatic rings. The van der Waals surface area contributed by atoms with Crippen LogP contribution in [0.15, 0.2) is 40.7 Å². The molecule has 1 aromatic carbocycles. The molecule has 0 unspecified atom stereocenters. The van der Waals surface area contributed by atoms with Crippen LogP contribution in [0, 0.1) is 0 Å². The summed E-state index contributed by atoms with van der Waals surface area (Å²) in [5.74, 6) is 0. The first-order chi connectivity index (χ1) is 9.29. The predicted molar refractivity (Wildman–Crippen MR) is 81.3 cm³/mol. The molecule has 2 rings (SSSR count). The van der Waals surface area contributed by atoms with Crippen LogP contribution in [0.3, 0.4) is 0 Å². The van der Waals surface area contributed by atoms with Crippen molar-refractivity contribution in [1.29, 1.82) is 0 Å². The van der Waals surface area contributed by atoms with E-state index in [2.05, 4.69) is 11.6 Å². The molecule has 0 aliphatic carbocycles. The van der Waals surface area contributed by atoms with Crippen molar-refractivity contribution >= 4 is 21.5 Å². The van der Waals surface area contributed by atoms with Gasteiger partial charge in [-0.2, -0.15) is 8.42 Å². The summed E-state index contributed by atoms with van der Waals surface area (Å²) >= 11 is 0. The fourth-order valence-corrected chi connectivity index (χ4v) is 3.04. The summed E-state index contributed by atoms with van der Waals surface area (Å²) in [6.45, 7) is 9.67. The molecule has 1 aromatic rings. The molecule has 110 valence electrons. The van der Waals surface area contributed by atoms with Gasteiger partial charge in [-0.1, -0.05) is 19.9 Å². The third-order valence-electron chi connectivity index (χ3n) is 3.68. The van der Waals surface area contributed by atoms with Gasteiger partial charge in [0, 0.05) is 11.1 Å². The Morgan fingerprint density at radius 2 is 2.10 bits per heavy atom. The number of benzene rings is 1. The van der Waals surface area contributed by atoms with Crippen molar-refractivity contribution in [2.24, 2.45) is 4.99 Å². The summed E-state index contributed by atoms with van der Waals surface area (Å²) in [5, 5.41) is 0. The van der Waals surface area contributed by atoms with Crippen molar-refractivity contribution in [3.63, 3.8) is 0 Å². The van der Waals surface area contributed by atoms with Crippen LogP contribution in [0.1, 0.15) is 34.2 Å². The molecule has 1 aliphatic heterocycles. The van der Waals surface area contributed by atoms with Gasteiger partial charge in [-0.05, 0) is 37.1 Å². The Balaban J connectivity index is 0.00000220. The van der Waals surface area contributed by atoms with Crippen LogP contribution in [0.2, 0.25) is 0 Å². The zero-order valence-electron chi connectivity index (χ0n) is 14.0. The molecule has 0 N–H and O–H groups in total. The molecule has 0 saturated carbocycles. The van der Waals surface area contributed by atoms with Gasteiger partial charge in [-0.15, -0.1) is 6.58 Å². The van der Waals surface area contributed by atoms with E-state index in [1.54, 1.807) is 24.3 Å². The SMILES string of the molecule is C=CCCOS(=O)(=O)c1ccc2c(c1)C(C)(C)C(C)=N2.[H-].[K+]. The van der Waals surface area contributed by atoms with Gasteiger partial charge in [0.25, 0.3) is 10.1 Å². The first-order valence-corrected chi connectivity index (χ1v) is 7.90. The molecule has 1 heterocycles. The molecule has 0 spiro atoms. The van der Waals surface area contributed by atoms with Gasteiger partial charge in [0.15, 0.2) is 0 Å². The normalized spacial score (nSPS) is 15.9. The second-order valence-corrected chi connectivity index (χ2v) is 6.97. The van der Waals surface area contributed by atoms with Crippen LogP contribution in [0.25, 0.3) is 0 Å². The fourth-order valence-electron chi connectivity index (χ4n) is 2.09. The second-order valence-electron chi connectivity index (χ2n) is 5.35. The van der Waals surface area contributed by atoms with Crippen LogP contribution in [0.5, 0.6) is 0 Å². The van der Waals surface area contributed by atoms with E-state index in [0.717, 1.165) is 17.0 Å². The van der Waals surface area contributed by atoms with Crippen molar-refractivity contribution in [2.75, 3.05) is 6.61 Å². The van der Waals surface area contributed by atoms with Gasteiger partial charge in [-0.3, -0.25) is 9.18 Å². The molecule has 0 radical (unpaired) electrons. The van der Waals surface area contributed by atoms with E-state index in [-0.39, 0.29) is 69.7 Å². The Labute approximate surface area is 170 Å². The van der Waals surface area contributed by atoms with E-state index >= 15 is 0 Å². The maximum Gasteiger partial charge on any atom is 1.00 e. The van der Waals surface area contributed by atoms with Crippen molar-refractivity contribution in [2.45, 2.75) is 37.5 Å². The summed E-state index contributed by atoms with van der Waals surface area (Å²) in [4.78, 5) is 4.65. The summed E-state index contributed by atoms with van der Waals surface area (Å²) in [5.41, 5.74) is 2.48. The minimum Gasteiger partial charge on any atom is -1.00 e. The van der Waals surface area contributed by atoms with Gasteiger partial charge < -0.3 is 1.43 Å². The average molecular weight is 333 g/mol. The van der Waals surface area contributed by atoms with Crippen LogP contribution in [0.4, 0.5) is 5.69 Å². The molecule has 0 aromatic heterocycles. The monoisotopic (exact) mass is 333 g/mol. The van der Waals surface area contributed by atoms with Gasteiger partial charge >= 0.3 is 51.4 Å². The maximum absolute atomic E-state index is 12.1. The molecule has 21 heavy (non-hydrogen) atoms. The summed E-state index contributed by atoms with van der Waals surface area (Å²) < 4.78 is 29.2. The Kier molecular flexibility index (Phi) is 6.56. The minimum absolute atomic E-state index is 0. The van der Waals surface area contributed by atoms with Crippen LogP contribution in [-0.4, -0.2) is 20.7 Å². The van der Waals surface area contributed by atoms with Crippen molar-refractivity contribution in [1.82, 2.24) is 0 Å². The number of fused-ring (bicyclic) bond motifs is 1. The topological polar surface area (TPSA) is 55.7 Å². The Bertz CT molecular complexity index is 684. The second kappa shape index (κ2) is 7.17. The zero-order valence-corrected chi connectivity index (χ0v) is 17.0. The Morgan fingerprint density at radius 1 is 1.43 bits per heavy atom. The maximum atomic E-state index is 12.1. The molecule has 0 amide bonds. The molecule has 4 nitrogen and oxygen atoms in total. The minimum atomic E-state index is -3.72. The summed E-state index contributed by atoms with van der Waals surface area (Å²) in [7, 11) is -3.72. The standard InChI is InChI=1S/C15H19NO3S.K.H/c1-5-6-9-19-20(17,18)12-7-8-14-13(10-12)15(3,4)11(2)16-14;;/h5,7-8,10H,1,6,9H2,2-4H3;;/q;+1;-1. The van der Waals surface area contributed by atoms with Crippen LogP contribution >= 0.6 is 0 Å². The Morgan fingerprint density at radius 3 is 2.71 bits per heavy atom. The molecule has 0 fully saturated rings. The quantitative estimate of drug-likeness (QED) is 0.341. The van der Waals surface area contributed by atoms with E-state index in [1.807, 2.05) is 20.8 Å². The third-order valence-corrected chi connectivity index (χ3v) is 4.99. The molecule has 6 heteroatoms. The zero-order chi connectivity index (χ0) is 15.0. The first kappa shape index (κ1) is 19.2. The van der Waals surface area contributed by atoms with Crippen LogP contribution < -0.4 is 51.4 Å². The van der Waals surface area contributed by atoms with E-state index in [4.69, 9.17) is 4.18 Å². The van der Waals surface area contributed by atoms with E-state index in [0.29, 0.717) is 6.42 Å². The van der Waals surface area contributed by atoms with Crippen LogP contribution in [-0.2, 0) is 19.7 Å². The van der Waals surface area contributed by atoms with E-state index < -0.39 is 10.1 Å². The van der Waals surface area contributed by atoms with Gasteiger partial charge in [0.1, 0.15) is 0 Å². The number of hydrogen-bond acceptors (Lipinski definition) is 4. The summed E-state index contributed by atoms with van der Waals surface area (Å²) in [6.07, 6.45) is 2.12. The number of rotatable bonds is 5.